The fourth-order valence-electron chi connectivity index (χ4n) is 2.43. The second-order valence-corrected chi connectivity index (χ2v) is 9.66. The van der Waals surface area contributed by atoms with Crippen LogP contribution in [0.3, 0.4) is 0 Å². The van der Waals surface area contributed by atoms with Gasteiger partial charge in [0.2, 0.25) is 10.0 Å². The van der Waals surface area contributed by atoms with Gasteiger partial charge in [0.15, 0.2) is 5.13 Å². The fraction of sp³-hybridized carbons (Fsp3) is 0.357. The van der Waals surface area contributed by atoms with Crippen LogP contribution in [0.4, 0.5) is 5.13 Å². The van der Waals surface area contributed by atoms with Crippen LogP contribution in [-0.4, -0.2) is 43.9 Å². The summed E-state index contributed by atoms with van der Waals surface area (Å²) >= 11 is 11.0. The Labute approximate surface area is 153 Å². The molecule has 0 N–H and O–H groups in total. The molecule has 0 spiro atoms. The number of hydrogen-bond donors (Lipinski definition) is 0. The summed E-state index contributed by atoms with van der Waals surface area (Å²) in [6.07, 6.45) is 1.84. The Hall–Kier alpha value is -0.670. The van der Waals surface area contributed by atoms with Crippen LogP contribution in [0.5, 0.6) is 0 Å². The number of nitrogens with zero attached hydrogens (tertiary/aromatic N) is 3. The highest BCUT2D eigenvalue weighted by atomic mass is 79.9. The summed E-state index contributed by atoms with van der Waals surface area (Å²) in [5, 5.41) is 1.18. The minimum atomic E-state index is -3.57. The smallest absolute Gasteiger partial charge is 0.244 e. The molecule has 0 radical (unpaired) electrons. The van der Waals surface area contributed by atoms with Crippen LogP contribution in [0.1, 0.15) is 4.88 Å². The first-order valence-electron chi connectivity index (χ1n) is 7.00. The van der Waals surface area contributed by atoms with Crippen molar-refractivity contribution in [2.75, 3.05) is 31.1 Å². The Balaban J connectivity index is 1.76. The number of halogens is 2. The minimum Gasteiger partial charge on any atom is -0.345 e. The molecule has 1 fully saturated rings. The van der Waals surface area contributed by atoms with E-state index in [0.29, 0.717) is 26.2 Å². The predicted molar refractivity (Wildman–Crippen MR) is 97.0 cm³/mol. The Morgan fingerprint density at radius 3 is 2.52 bits per heavy atom. The lowest BCUT2D eigenvalue weighted by molar-refractivity contribution is 0.385. The standard InChI is InChI=1S/C14H15BrClN3O2S2/c1-10-9-17-14(22-10)18-4-6-19(7-5-18)23(20,21)13-3-2-11(15)8-12(13)16/h2-3,8-9H,4-7H2,1H3. The molecule has 3 rings (SSSR count). The summed E-state index contributed by atoms with van der Waals surface area (Å²) in [6, 6.07) is 4.83. The molecule has 5 nitrogen and oxygen atoms in total. The molecule has 0 aliphatic carbocycles. The van der Waals surface area contributed by atoms with Crippen molar-refractivity contribution in [2.24, 2.45) is 0 Å². The van der Waals surface area contributed by atoms with Crippen molar-refractivity contribution >= 4 is 54.0 Å². The van der Waals surface area contributed by atoms with Gasteiger partial charge in [0, 0.05) is 41.7 Å². The number of benzene rings is 1. The normalized spacial score (nSPS) is 16.7. The molecule has 0 atom stereocenters. The first kappa shape index (κ1) is 17.2. The topological polar surface area (TPSA) is 53.5 Å². The quantitative estimate of drug-likeness (QED) is 0.740. The van der Waals surface area contributed by atoms with E-state index in [4.69, 9.17) is 11.6 Å². The van der Waals surface area contributed by atoms with Crippen molar-refractivity contribution in [3.05, 3.63) is 38.8 Å². The second-order valence-electron chi connectivity index (χ2n) is 5.22. The van der Waals surface area contributed by atoms with E-state index in [0.717, 1.165) is 14.5 Å². The summed E-state index contributed by atoms with van der Waals surface area (Å²) in [4.78, 5) is 7.78. The maximum Gasteiger partial charge on any atom is 0.244 e. The van der Waals surface area contributed by atoms with Gasteiger partial charge in [0.05, 0.1) is 5.02 Å². The number of rotatable bonds is 3. The van der Waals surface area contributed by atoms with E-state index in [1.54, 1.807) is 23.5 Å². The number of sulfonamides is 1. The van der Waals surface area contributed by atoms with Gasteiger partial charge in [-0.3, -0.25) is 0 Å². The van der Waals surface area contributed by atoms with Crippen molar-refractivity contribution in [1.82, 2.24) is 9.29 Å². The highest BCUT2D eigenvalue weighted by Crippen LogP contribution is 2.29. The van der Waals surface area contributed by atoms with Gasteiger partial charge >= 0.3 is 0 Å². The largest absolute Gasteiger partial charge is 0.345 e. The number of thiazole rings is 1. The van der Waals surface area contributed by atoms with E-state index in [9.17, 15) is 8.42 Å². The molecule has 23 heavy (non-hydrogen) atoms. The van der Waals surface area contributed by atoms with Crippen LogP contribution in [-0.2, 0) is 10.0 Å². The van der Waals surface area contributed by atoms with Crippen LogP contribution < -0.4 is 4.90 Å². The van der Waals surface area contributed by atoms with Gasteiger partial charge in [-0.25, -0.2) is 13.4 Å². The third-order valence-electron chi connectivity index (χ3n) is 3.63. The van der Waals surface area contributed by atoms with Crippen LogP contribution in [0.15, 0.2) is 33.8 Å². The van der Waals surface area contributed by atoms with Crippen molar-refractivity contribution < 1.29 is 8.42 Å². The molecule has 1 aliphatic rings. The first-order valence-corrected chi connectivity index (χ1v) is 10.4. The summed E-state index contributed by atoms with van der Waals surface area (Å²) in [6.45, 7) is 4.11. The molecule has 124 valence electrons. The lowest BCUT2D eigenvalue weighted by Crippen LogP contribution is -2.48. The number of aromatic nitrogens is 1. The molecular formula is C14H15BrClN3O2S2. The summed E-state index contributed by atoms with van der Waals surface area (Å²) < 4.78 is 27.8. The molecule has 1 saturated heterocycles. The first-order chi connectivity index (χ1) is 10.9. The third-order valence-corrected chi connectivity index (χ3v) is 7.48. The molecule has 0 saturated carbocycles. The van der Waals surface area contributed by atoms with Crippen molar-refractivity contribution in [3.63, 3.8) is 0 Å². The van der Waals surface area contributed by atoms with Crippen molar-refractivity contribution in [1.29, 1.82) is 0 Å². The van der Waals surface area contributed by atoms with Crippen LogP contribution in [0, 0.1) is 6.92 Å². The molecule has 0 unspecified atom stereocenters. The lowest BCUT2D eigenvalue weighted by Gasteiger charge is -2.33. The van der Waals surface area contributed by atoms with Gasteiger partial charge in [0.1, 0.15) is 4.90 Å². The molecule has 1 aliphatic heterocycles. The average molecular weight is 437 g/mol. The number of anilines is 1. The van der Waals surface area contributed by atoms with Gasteiger partial charge in [-0.1, -0.05) is 27.5 Å². The fourth-order valence-corrected chi connectivity index (χ4v) is 5.68. The highest BCUT2D eigenvalue weighted by Gasteiger charge is 2.30. The predicted octanol–water partition coefficient (Wildman–Crippen LogP) is 3.38. The van der Waals surface area contributed by atoms with Gasteiger partial charge in [0.25, 0.3) is 0 Å². The second kappa shape index (κ2) is 6.68. The Bertz CT molecular complexity index is 817. The highest BCUT2D eigenvalue weighted by molar-refractivity contribution is 9.10. The van der Waals surface area contributed by atoms with E-state index in [1.807, 2.05) is 13.1 Å². The third kappa shape index (κ3) is 3.56. The molecule has 0 amide bonds. The monoisotopic (exact) mass is 435 g/mol. The summed E-state index contributed by atoms with van der Waals surface area (Å²) in [5.74, 6) is 0. The molecule has 2 heterocycles. The number of hydrogen-bond acceptors (Lipinski definition) is 5. The maximum absolute atomic E-state index is 12.8. The molecule has 2 aromatic rings. The molecule has 0 bridgehead atoms. The van der Waals surface area contributed by atoms with Crippen molar-refractivity contribution in [3.8, 4) is 0 Å². The molecule has 9 heteroatoms. The summed E-state index contributed by atoms with van der Waals surface area (Å²) in [7, 11) is -3.57. The van der Waals surface area contributed by atoms with Crippen LogP contribution in [0.2, 0.25) is 5.02 Å². The van der Waals surface area contributed by atoms with E-state index < -0.39 is 10.0 Å². The van der Waals surface area contributed by atoms with Gasteiger partial charge in [-0.2, -0.15) is 4.31 Å². The van der Waals surface area contributed by atoms with Crippen LogP contribution >= 0.6 is 38.9 Å². The molecular weight excluding hydrogens is 422 g/mol. The SMILES string of the molecule is Cc1cnc(N2CCN(S(=O)(=O)c3ccc(Br)cc3Cl)CC2)s1. The van der Waals surface area contributed by atoms with E-state index in [-0.39, 0.29) is 9.92 Å². The van der Waals surface area contributed by atoms with Gasteiger partial charge in [-0.05, 0) is 25.1 Å². The zero-order valence-electron chi connectivity index (χ0n) is 12.4. The zero-order chi connectivity index (χ0) is 16.6. The Morgan fingerprint density at radius 1 is 1.26 bits per heavy atom. The van der Waals surface area contributed by atoms with E-state index in [2.05, 4.69) is 25.8 Å². The van der Waals surface area contributed by atoms with Crippen molar-refractivity contribution in [2.45, 2.75) is 11.8 Å². The lowest BCUT2D eigenvalue weighted by atomic mass is 10.4. The average Bonchev–Trinajstić information content (AvgIpc) is 2.93. The Morgan fingerprint density at radius 2 is 1.96 bits per heavy atom. The molecule has 1 aromatic heterocycles. The summed E-state index contributed by atoms with van der Waals surface area (Å²) in [5.41, 5.74) is 0. The van der Waals surface area contributed by atoms with E-state index in [1.165, 1.54) is 10.4 Å². The number of aryl methyl sites for hydroxylation is 1. The van der Waals surface area contributed by atoms with Gasteiger partial charge in [-0.15, -0.1) is 11.3 Å². The van der Waals surface area contributed by atoms with E-state index >= 15 is 0 Å². The number of piperazine rings is 1. The molecule has 1 aromatic carbocycles. The minimum absolute atomic E-state index is 0.154. The van der Waals surface area contributed by atoms with Crippen LogP contribution in [0.25, 0.3) is 0 Å². The zero-order valence-corrected chi connectivity index (χ0v) is 16.3. The maximum atomic E-state index is 12.8. The van der Waals surface area contributed by atoms with Gasteiger partial charge < -0.3 is 4.90 Å². The Kier molecular flexibility index (Phi) is 4.98.